The van der Waals surface area contributed by atoms with Gasteiger partial charge in [-0.05, 0) is 0 Å². The Morgan fingerprint density at radius 1 is 0.800 bits per heavy atom. The molecule has 2 nitrogen and oxygen atoms in total. The van der Waals surface area contributed by atoms with E-state index in [4.69, 9.17) is 10.2 Å². The third-order valence-electron chi connectivity index (χ3n) is 1.63. The fourth-order valence-electron chi connectivity index (χ4n) is 1.02. The van der Waals surface area contributed by atoms with E-state index >= 15 is 0 Å². The zero-order valence-electron chi connectivity index (χ0n) is 9.79. The van der Waals surface area contributed by atoms with E-state index in [2.05, 4.69) is 24.3 Å². The van der Waals surface area contributed by atoms with Crippen LogP contribution >= 0.6 is 0 Å². The molecular weight excluding hydrogens is 267 g/mol. The minimum absolute atomic E-state index is 0. The van der Waals surface area contributed by atoms with Gasteiger partial charge in [-0.1, -0.05) is 25.7 Å². The quantitative estimate of drug-likeness (QED) is 0.672. The van der Waals surface area contributed by atoms with E-state index in [0.717, 1.165) is 14.2 Å². The monoisotopic (exact) mass is 288 g/mol. The van der Waals surface area contributed by atoms with Crippen molar-refractivity contribution < 1.29 is 36.4 Å². The maximum atomic E-state index is 7.00. The van der Waals surface area contributed by atoms with E-state index in [1.165, 1.54) is 38.5 Å². The van der Waals surface area contributed by atoms with Crippen molar-refractivity contribution in [2.75, 3.05) is 14.2 Å². The van der Waals surface area contributed by atoms with Crippen LogP contribution in [0.2, 0.25) is 0 Å². The molecule has 86 valence electrons. The van der Waals surface area contributed by atoms with Crippen LogP contribution < -0.4 is 0 Å². The Morgan fingerprint density at radius 2 is 1.13 bits per heavy atom. The van der Waals surface area contributed by atoms with Gasteiger partial charge in [0, 0.05) is 14.2 Å². The predicted octanol–water partition coefficient (Wildman–Crippen LogP) is 2.27. The van der Waals surface area contributed by atoms with Gasteiger partial charge in [-0.25, -0.2) is 0 Å². The number of rotatable bonds is 0. The van der Waals surface area contributed by atoms with Crippen LogP contribution in [0.15, 0.2) is 12.2 Å². The van der Waals surface area contributed by atoms with E-state index in [9.17, 15) is 0 Å². The van der Waals surface area contributed by atoms with E-state index in [1.54, 1.807) is 0 Å². The molecule has 2 rings (SSSR count). The topological polar surface area (TPSA) is 40.5 Å². The van der Waals surface area contributed by atoms with Gasteiger partial charge in [0.2, 0.25) is 0 Å². The largest absolute Gasteiger partial charge is 2.00 e. The van der Waals surface area contributed by atoms with Crippen molar-refractivity contribution in [2.24, 2.45) is 0 Å². The van der Waals surface area contributed by atoms with Crippen LogP contribution in [0.25, 0.3) is 0 Å². The third-order valence-corrected chi connectivity index (χ3v) is 1.63. The van der Waals surface area contributed by atoms with Gasteiger partial charge in [-0.3, -0.25) is 12.2 Å². The minimum atomic E-state index is 0. The van der Waals surface area contributed by atoms with Gasteiger partial charge in [0.1, 0.15) is 0 Å². The summed E-state index contributed by atoms with van der Waals surface area (Å²) in [6, 6.07) is 0. The number of aliphatic hydroxyl groups excluding tert-OH is 2. The first-order chi connectivity index (χ1) is 7.00. The molecule has 2 aliphatic carbocycles. The smallest absolute Gasteiger partial charge is 0.501 e. The van der Waals surface area contributed by atoms with Gasteiger partial charge in [-0.2, -0.15) is 12.8 Å². The number of allylic oxidation sites excluding steroid dienone is 4. The average molecular weight is 290 g/mol. The molecule has 0 aliphatic heterocycles. The molecule has 0 heterocycles. The molecule has 0 amide bonds. The molecule has 0 radical (unpaired) electrons. The Hall–Kier alpha value is 0.283. The van der Waals surface area contributed by atoms with Crippen molar-refractivity contribution in [3.05, 3.63) is 24.3 Å². The second-order valence-corrected chi connectivity index (χ2v) is 2.60. The molecule has 3 heteroatoms. The molecule has 0 spiro atoms. The second-order valence-electron chi connectivity index (χ2n) is 2.60. The van der Waals surface area contributed by atoms with Crippen LogP contribution in [-0.4, -0.2) is 24.4 Å². The van der Waals surface area contributed by atoms with Gasteiger partial charge in [0.25, 0.3) is 0 Å². The Bertz CT molecular complexity index is 106. The zero-order valence-corrected chi connectivity index (χ0v) is 12.2. The van der Waals surface area contributed by atoms with E-state index in [0.29, 0.717) is 0 Å². The Balaban J connectivity index is -0.000000138. The summed E-state index contributed by atoms with van der Waals surface area (Å²) in [5.74, 6) is 0. The predicted molar refractivity (Wildman–Crippen MR) is 59.6 cm³/mol. The number of hydrogen-bond acceptors (Lipinski definition) is 2. The van der Waals surface area contributed by atoms with Crippen LogP contribution in [0.3, 0.4) is 0 Å². The molecule has 15 heavy (non-hydrogen) atoms. The molecule has 0 unspecified atom stereocenters. The molecule has 0 saturated carbocycles. The molecule has 2 N–H and O–H groups in total. The van der Waals surface area contributed by atoms with Crippen LogP contribution in [0.4, 0.5) is 0 Å². The maximum Gasteiger partial charge on any atom is 2.00 e. The van der Waals surface area contributed by atoms with Crippen molar-refractivity contribution in [1.29, 1.82) is 0 Å². The Morgan fingerprint density at radius 3 is 1.20 bits per heavy atom. The fraction of sp³-hybridized carbons (Fsp3) is 0.667. The second kappa shape index (κ2) is 23.8. The van der Waals surface area contributed by atoms with E-state index < -0.39 is 0 Å². The Labute approximate surface area is 113 Å². The normalized spacial score (nSPS) is 14.7. The summed E-state index contributed by atoms with van der Waals surface area (Å²) in [4.78, 5) is 0. The summed E-state index contributed by atoms with van der Waals surface area (Å²) in [6.45, 7) is 0. The van der Waals surface area contributed by atoms with Crippen molar-refractivity contribution in [2.45, 2.75) is 38.5 Å². The van der Waals surface area contributed by atoms with Gasteiger partial charge < -0.3 is 22.4 Å². The van der Waals surface area contributed by atoms with Crippen LogP contribution in [0.1, 0.15) is 38.5 Å². The molecule has 0 aromatic rings. The summed E-state index contributed by atoms with van der Waals surface area (Å²) >= 11 is 0. The van der Waals surface area contributed by atoms with Crippen molar-refractivity contribution in [3.63, 3.8) is 0 Å². The first-order valence-corrected chi connectivity index (χ1v) is 5.00. The third kappa shape index (κ3) is 20.4. The first kappa shape index (κ1) is 20.7. The molecule has 2 aliphatic rings. The zero-order chi connectivity index (χ0) is 11.1. The van der Waals surface area contributed by atoms with Crippen molar-refractivity contribution in [3.8, 4) is 0 Å². The SMILES string of the molecule is CO.CO.[C-]1=CCCC1.[C-]1=CCCC1.[Zr+2]. The number of aliphatic hydroxyl groups is 2. The summed E-state index contributed by atoms with van der Waals surface area (Å²) in [7, 11) is 2.00. The molecule has 0 aromatic heterocycles. The standard InChI is InChI=1S/2C5H7.2CH4O.Zr/c2*1-2-4-5-3-1;2*1-2;/h2*1H,2,4-5H2;2*2H,1H3;/q2*-1;;;+2. The molecule has 0 bridgehead atoms. The number of hydrogen-bond donors (Lipinski definition) is 2. The summed E-state index contributed by atoms with van der Waals surface area (Å²) in [5, 5.41) is 14.0. The van der Waals surface area contributed by atoms with Gasteiger partial charge in [0.05, 0.1) is 0 Å². The summed E-state index contributed by atoms with van der Waals surface area (Å²) in [5.41, 5.74) is 0. The van der Waals surface area contributed by atoms with E-state index in [-0.39, 0.29) is 26.2 Å². The molecule has 0 saturated heterocycles. The fourth-order valence-corrected chi connectivity index (χ4v) is 1.02. The van der Waals surface area contributed by atoms with Gasteiger partial charge in [-0.15, -0.1) is 0 Å². The average Bonchev–Trinajstić information content (AvgIpc) is 3.01. The van der Waals surface area contributed by atoms with Crippen LogP contribution in [0.5, 0.6) is 0 Å². The molecule has 0 atom stereocenters. The molecular formula is C12H22O2Zr. The minimum Gasteiger partial charge on any atom is -0.501 e. The van der Waals surface area contributed by atoms with Gasteiger partial charge in [0.15, 0.2) is 0 Å². The summed E-state index contributed by atoms with van der Waals surface area (Å²) < 4.78 is 0. The van der Waals surface area contributed by atoms with Crippen molar-refractivity contribution >= 4 is 0 Å². The van der Waals surface area contributed by atoms with E-state index in [1.807, 2.05) is 0 Å². The van der Waals surface area contributed by atoms with Gasteiger partial charge >= 0.3 is 26.2 Å². The van der Waals surface area contributed by atoms with Crippen LogP contribution in [0, 0.1) is 12.2 Å². The Kier molecular flexibility index (Phi) is 32.8. The summed E-state index contributed by atoms with van der Waals surface area (Å²) in [6.07, 6.45) is 18.0. The molecule has 0 fully saturated rings. The maximum absolute atomic E-state index is 7.00. The van der Waals surface area contributed by atoms with Crippen molar-refractivity contribution in [1.82, 2.24) is 0 Å². The molecule has 0 aromatic carbocycles. The first-order valence-electron chi connectivity index (χ1n) is 5.00. The van der Waals surface area contributed by atoms with Crippen LogP contribution in [-0.2, 0) is 26.2 Å².